The maximum atomic E-state index is 13.6. The molecule has 532 valence electrons. The minimum Gasteiger partial charge on any atom is -0.756 e. The van der Waals surface area contributed by atoms with Crippen LogP contribution in [0.1, 0.15) is 412 Å². The van der Waals surface area contributed by atoms with Crippen molar-refractivity contribution >= 4 is 19.7 Å². The van der Waals surface area contributed by atoms with Gasteiger partial charge in [0.25, 0.3) is 7.82 Å². The summed E-state index contributed by atoms with van der Waals surface area (Å²) < 4.78 is 30.6. The summed E-state index contributed by atoms with van der Waals surface area (Å²) >= 11 is 0. The zero-order chi connectivity index (χ0) is 65.6. The molecular weight excluding hydrogens is 1130 g/mol. The molecule has 0 aliphatic heterocycles. The first-order valence-corrected chi connectivity index (χ1v) is 41.3. The van der Waals surface area contributed by atoms with Crippen LogP contribution in [0.5, 0.6) is 0 Å². The number of quaternary nitrogens is 1. The largest absolute Gasteiger partial charge is 0.756 e. The van der Waals surface area contributed by atoms with Gasteiger partial charge >= 0.3 is 5.97 Å². The quantitative estimate of drug-likeness (QED) is 0.0212. The van der Waals surface area contributed by atoms with Crippen molar-refractivity contribution in [3.05, 3.63) is 36.5 Å². The Bertz CT molecular complexity index is 1630. The second kappa shape index (κ2) is 70.0. The van der Waals surface area contributed by atoms with Gasteiger partial charge in [0.1, 0.15) is 19.3 Å². The summed E-state index contributed by atoms with van der Waals surface area (Å²) in [6.07, 6.45) is 88.7. The maximum Gasteiger partial charge on any atom is 0.306 e. The molecule has 0 aromatic rings. The smallest absolute Gasteiger partial charge is 0.306 e. The highest BCUT2D eigenvalue weighted by Crippen LogP contribution is 2.38. The Labute approximate surface area is 561 Å². The van der Waals surface area contributed by atoms with Crippen molar-refractivity contribution in [3.63, 3.8) is 0 Å². The average Bonchev–Trinajstić information content (AvgIpc) is 3.12. The molecule has 0 heterocycles. The molecule has 0 aliphatic rings. The van der Waals surface area contributed by atoms with Crippen molar-refractivity contribution in [2.45, 2.75) is 425 Å². The number of carbonyl (C=O) groups is 2. The van der Waals surface area contributed by atoms with E-state index in [4.69, 9.17) is 13.8 Å². The molecule has 0 aromatic carbocycles. The van der Waals surface area contributed by atoms with E-state index in [2.05, 4.69) is 50.4 Å². The number of nitrogens with zero attached hydrogens (tertiary/aromatic N) is 1. The molecule has 0 saturated heterocycles. The van der Waals surface area contributed by atoms with E-state index in [1.54, 1.807) is 0 Å². The Morgan fingerprint density at radius 3 is 0.944 bits per heavy atom. The summed E-state index contributed by atoms with van der Waals surface area (Å²) in [5, 5.41) is 3.06. The van der Waals surface area contributed by atoms with Gasteiger partial charge in [-0.1, -0.05) is 353 Å². The Kier molecular flexibility index (Phi) is 68.7. The van der Waals surface area contributed by atoms with E-state index in [0.29, 0.717) is 17.4 Å². The third-order valence-electron chi connectivity index (χ3n) is 18.3. The van der Waals surface area contributed by atoms with Crippen LogP contribution in [-0.2, 0) is 27.9 Å². The van der Waals surface area contributed by atoms with Gasteiger partial charge in [0.05, 0.1) is 33.8 Å². The Balaban J connectivity index is 4.89. The van der Waals surface area contributed by atoms with Crippen LogP contribution in [0.3, 0.4) is 0 Å². The van der Waals surface area contributed by atoms with Gasteiger partial charge in [-0.2, -0.15) is 0 Å². The Morgan fingerprint density at radius 1 is 0.378 bits per heavy atom. The molecule has 3 atom stereocenters. The fourth-order valence-corrected chi connectivity index (χ4v) is 12.9. The van der Waals surface area contributed by atoms with E-state index >= 15 is 0 Å². The zero-order valence-corrected chi connectivity index (χ0v) is 62.0. The molecule has 0 aliphatic carbocycles. The SMILES string of the molecule is CCCCCCCC/C=C/CCCCCCCCCCCCCCCCCCCC(=O)OC(/C=C/CCCCCCCCCCCC)C(COP(=O)([O-])OCC[N+](C)(C)C)NC(=O)CCCCCCCCCCCCCCCCC/C=C/CCCCCCCC. The normalized spacial score (nSPS) is 13.5. The summed E-state index contributed by atoms with van der Waals surface area (Å²) in [4.78, 5) is 40.3. The highest BCUT2D eigenvalue weighted by molar-refractivity contribution is 7.45. The predicted molar refractivity (Wildman–Crippen MR) is 390 cm³/mol. The molecule has 90 heavy (non-hydrogen) atoms. The number of phosphoric ester groups is 1. The van der Waals surface area contributed by atoms with Crippen molar-refractivity contribution in [3.8, 4) is 0 Å². The van der Waals surface area contributed by atoms with Crippen LogP contribution >= 0.6 is 7.82 Å². The first kappa shape index (κ1) is 88.2. The first-order valence-electron chi connectivity index (χ1n) is 39.8. The third kappa shape index (κ3) is 70.5. The minimum absolute atomic E-state index is 0.0187. The molecule has 10 heteroatoms. The molecular formula is C80H155N2O7P. The lowest BCUT2D eigenvalue weighted by Crippen LogP contribution is -2.47. The number of hydrogen-bond donors (Lipinski definition) is 1. The standard InChI is InChI=1S/C80H155N2O7P/c1-7-10-13-16-19-22-25-28-30-32-34-36-38-40-41-43-45-47-49-51-53-55-58-61-64-67-70-73-80(84)89-78(71-68-65-62-59-56-27-24-21-18-15-12-9-3)77(76-88-90(85,86)87-75-74-82(4,5)6)81-79(83)72-69-66-63-60-57-54-52-50-48-46-44-42-39-37-35-33-31-29-26-23-20-17-14-11-8-2/h28-31,68,71,77-78H,7-27,32-67,69-70,72-76H2,1-6H3,(H-,81,83,85,86)/b30-28+,31-29+,71-68+. The number of likely N-dealkylation sites (N-methyl/N-ethyl adjacent to an activating group) is 1. The molecule has 1 amide bonds. The summed E-state index contributed by atoms with van der Waals surface area (Å²) in [7, 11) is 1.21. The zero-order valence-electron chi connectivity index (χ0n) is 61.1. The number of unbranched alkanes of at least 4 members (excludes halogenated alkanes) is 54. The lowest BCUT2D eigenvalue weighted by atomic mass is 10.0. The van der Waals surface area contributed by atoms with Crippen LogP contribution < -0.4 is 10.2 Å². The van der Waals surface area contributed by atoms with E-state index in [9.17, 15) is 19.0 Å². The number of phosphoric acid groups is 1. The van der Waals surface area contributed by atoms with Gasteiger partial charge in [-0.3, -0.25) is 14.2 Å². The van der Waals surface area contributed by atoms with Crippen LogP contribution in [0.25, 0.3) is 0 Å². The van der Waals surface area contributed by atoms with E-state index in [0.717, 1.165) is 57.8 Å². The third-order valence-corrected chi connectivity index (χ3v) is 19.3. The number of rotatable bonds is 74. The highest BCUT2D eigenvalue weighted by Gasteiger charge is 2.27. The molecule has 0 spiro atoms. The second-order valence-corrected chi connectivity index (χ2v) is 30.0. The van der Waals surface area contributed by atoms with Crippen molar-refractivity contribution < 1.29 is 37.3 Å². The fraction of sp³-hybridized carbons (Fsp3) is 0.900. The van der Waals surface area contributed by atoms with Crippen LogP contribution in [-0.4, -0.2) is 69.4 Å². The van der Waals surface area contributed by atoms with Gasteiger partial charge in [-0.05, 0) is 83.1 Å². The van der Waals surface area contributed by atoms with Gasteiger partial charge in [-0.15, -0.1) is 0 Å². The number of nitrogens with one attached hydrogen (secondary N) is 1. The topological polar surface area (TPSA) is 114 Å². The summed E-state index contributed by atoms with van der Waals surface area (Å²) in [6.45, 7) is 6.91. The van der Waals surface area contributed by atoms with Gasteiger partial charge in [0.15, 0.2) is 0 Å². The molecule has 0 fully saturated rings. The molecule has 3 unspecified atom stereocenters. The van der Waals surface area contributed by atoms with Crippen LogP contribution in [0.2, 0.25) is 0 Å². The molecule has 0 rings (SSSR count). The van der Waals surface area contributed by atoms with Gasteiger partial charge < -0.3 is 28.5 Å². The van der Waals surface area contributed by atoms with Crippen LogP contribution in [0.15, 0.2) is 36.5 Å². The fourth-order valence-electron chi connectivity index (χ4n) is 12.2. The number of ether oxygens (including phenoxy) is 1. The second-order valence-electron chi connectivity index (χ2n) is 28.6. The number of hydrogen-bond acceptors (Lipinski definition) is 7. The van der Waals surface area contributed by atoms with Gasteiger partial charge in [0.2, 0.25) is 5.91 Å². The lowest BCUT2D eigenvalue weighted by molar-refractivity contribution is -0.870. The van der Waals surface area contributed by atoms with E-state index in [-0.39, 0.29) is 31.5 Å². The average molecular weight is 1290 g/mol. The van der Waals surface area contributed by atoms with Crippen molar-refractivity contribution in [2.24, 2.45) is 0 Å². The maximum absolute atomic E-state index is 13.6. The van der Waals surface area contributed by atoms with Crippen LogP contribution in [0.4, 0.5) is 0 Å². The van der Waals surface area contributed by atoms with Gasteiger partial charge in [-0.25, -0.2) is 0 Å². The van der Waals surface area contributed by atoms with E-state index in [1.165, 1.54) is 321 Å². The molecule has 0 radical (unpaired) electrons. The number of carbonyl (C=O) groups excluding carboxylic acids is 2. The summed E-state index contributed by atoms with van der Waals surface area (Å²) in [5.41, 5.74) is 0. The summed E-state index contributed by atoms with van der Waals surface area (Å²) in [5.74, 6) is -0.516. The minimum atomic E-state index is -4.70. The highest BCUT2D eigenvalue weighted by atomic mass is 31.2. The van der Waals surface area contributed by atoms with E-state index in [1.807, 2.05) is 33.3 Å². The number of esters is 1. The predicted octanol–water partition coefficient (Wildman–Crippen LogP) is 25.1. The van der Waals surface area contributed by atoms with Crippen molar-refractivity contribution in [1.82, 2.24) is 5.32 Å². The first-order chi connectivity index (χ1) is 43.9. The van der Waals surface area contributed by atoms with Crippen molar-refractivity contribution in [1.29, 1.82) is 0 Å². The Morgan fingerprint density at radius 2 is 0.644 bits per heavy atom. The number of allylic oxidation sites excluding steroid dienone is 5. The van der Waals surface area contributed by atoms with Gasteiger partial charge in [0, 0.05) is 12.8 Å². The summed E-state index contributed by atoms with van der Waals surface area (Å²) in [6, 6.07) is -0.886. The van der Waals surface area contributed by atoms with Crippen molar-refractivity contribution in [2.75, 3.05) is 40.9 Å². The van der Waals surface area contributed by atoms with E-state index < -0.39 is 20.0 Å². The molecule has 0 aromatic heterocycles. The monoisotopic (exact) mass is 1290 g/mol. The molecule has 9 nitrogen and oxygen atoms in total. The molecule has 1 N–H and O–H groups in total. The number of amides is 1. The lowest BCUT2D eigenvalue weighted by Gasteiger charge is -2.30. The Hall–Kier alpha value is -1.77. The van der Waals surface area contributed by atoms with Crippen LogP contribution in [0, 0.1) is 0 Å². The molecule has 0 saturated carbocycles. The molecule has 0 bridgehead atoms.